The van der Waals surface area contributed by atoms with E-state index in [1.54, 1.807) is 24.3 Å². The van der Waals surface area contributed by atoms with Gasteiger partial charge in [0.2, 0.25) is 0 Å². The molecule has 0 saturated heterocycles. The molecule has 2 aromatic carbocycles. The molecule has 6 nitrogen and oxygen atoms in total. The molecule has 0 aromatic heterocycles. The molecule has 0 saturated carbocycles. The molecule has 0 radical (unpaired) electrons. The van der Waals surface area contributed by atoms with E-state index in [0.717, 1.165) is 5.01 Å². The quantitative estimate of drug-likeness (QED) is 0.868. The van der Waals surface area contributed by atoms with Crippen LogP contribution in [0.4, 0.5) is 0 Å². The number of hydrogen-bond acceptors (Lipinski definition) is 5. The van der Waals surface area contributed by atoms with E-state index in [2.05, 4.69) is 5.43 Å². The highest BCUT2D eigenvalue weighted by atomic mass is 16.5. The van der Waals surface area contributed by atoms with Crippen molar-refractivity contribution in [2.45, 2.75) is 0 Å². The number of hydrogen-bond donors (Lipinski definition) is 1. The van der Waals surface area contributed by atoms with Crippen LogP contribution in [0.3, 0.4) is 0 Å². The molecule has 0 aliphatic carbocycles. The second-order valence-corrected chi connectivity index (χ2v) is 4.55. The molecule has 108 valence electrons. The average molecular weight is 286 g/mol. The number of nitrogens with zero attached hydrogens (tertiary/aromatic N) is 1. The monoisotopic (exact) mass is 286 g/mol. The molecule has 0 spiro atoms. The van der Waals surface area contributed by atoms with E-state index in [0.29, 0.717) is 33.4 Å². The Morgan fingerprint density at radius 1 is 0.857 bits per heavy atom. The first-order chi connectivity index (χ1) is 10.1. The number of carbonyl (C=O) groups is 2. The summed E-state index contributed by atoms with van der Waals surface area (Å²) in [6.07, 6.45) is 0. The summed E-state index contributed by atoms with van der Waals surface area (Å²) < 4.78 is 10.7. The van der Waals surface area contributed by atoms with Crippen LogP contribution in [-0.4, -0.2) is 38.1 Å². The van der Waals surface area contributed by atoms with Gasteiger partial charge in [0.1, 0.15) is 11.5 Å². The largest absolute Gasteiger partial charge is 0.496 e. The number of imide groups is 1. The predicted octanol–water partition coefficient (Wildman–Crippen LogP) is 1.59. The number of amides is 2. The molecular formula is C15H14N2O4. The highest BCUT2D eigenvalue weighted by Gasteiger charge is 2.34. The van der Waals surface area contributed by atoms with Gasteiger partial charge in [-0.1, -0.05) is 0 Å². The van der Waals surface area contributed by atoms with Crippen molar-refractivity contribution >= 4 is 22.6 Å². The third-order valence-electron chi connectivity index (χ3n) is 3.61. The molecule has 3 rings (SSSR count). The lowest BCUT2D eigenvalue weighted by Crippen LogP contribution is -2.47. The Labute approximate surface area is 121 Å². The first-order valence-corrected chi connectivity index (χ1v) is 6.38. The molecule has 0 bridgehead atoms. The van der Waals surface area contributed by atoms with Gasteiger partial charge in [-0.15, -0.1) is 0 Å². The normalized spacial score (nSPS) is 13.8. The molecule has 6 heteroatoms. The topological polar surface area (TPSA) is 67.9 Å². The summed E-state index contributed by atoms with van der Waals surface area (Å²) in [6, 6.07) is 6.71. The maximum atomic E-state index is 12.4. The van der Waals surface area contributed by atoms with Crippen molar-refractivity contribution in [1.29, 1.82) is 0 Å². The standard InChI is InChI=1S/C15H14N2O4/c1-16-17-14(18)8-4-6-10(20-2)13-11(21-3)7-5-9(12(8)13)15(17)19/h4-7,16H,1-3H3. The molecule has 0 fully saturated rings. The van der Waals surface area contributed by atoms with Gasteiger partial charge in [0.25, 0.3) is 11.8 Å². The van der Waals surface area contributed by atoms with Crippen molar-refractivity contribution in [1.82, 2.24) is 10.4 Å². The lowest BCUT2D eigenvalue weighted by atomic mass is 9.93. The van der Waals surface area contributed by atoms with E-state index in [4.69, 9.17) is 9.47 Å². The second kappa shape index (κ2) is 4.75. The average Bonchev–Trinajstić information content (AvgIpc) is 2.52. The first-order valence-electron chi connectivity index (χ1n) is 6.38. The van der Waals surface area contributed by atoms with E-state index < -0.39 is 11.8 Å². The van der Waals surface area contributed by atoms with E-state index in [1.165, 1.54) is 21.3 Å². The molecule has 1 aliphatic heterocycles. The summed E-state index contributed by atoms with van der Waals surface area (Å²) in [7, 11) is 4.61. The van der Waals surface area contributed by atoms with Gasteiger partial charge in [-0.25, -0.2) is 10.4 Å². The number of carbonyl (C=O) groups excluding carboxylic acids is 2. The molecule has 2 aromatic rings. The summed E-state index contributed by atoms with van der Waals surface area (Å²) >= 11 is 0. The Morgan fingerprint density at radius 3 is 1.71 bits per heavy atom. The molecule has 2 amide bonds. The van der Waals surface area contributed by atoms with Crippen LogP contribution in [0.1, 0.15) is 20.7 Å². The van der Waals surface area contributed by atoms with E-state index in [-0.39, 0.29) is 0 Å². The molecule has 1 heterocycles. The van der Waals surface area contributed by atoms with Gasteiger partial charge in [0, 0.05) is 12.4 Å². The molecule has 0 atom stereocenters. The van der Waals surface area contributed by atoms with Gasteiger partial charge >= 0.3 is 0 Å². The van der Waals surface area contributed by atoms with Crippen molar-refractivity contribution in [2.24, 2.45) is 0 Å². The van der Waals surface area contributed by atoms with Crippen molar-refractivity contribution in [3.63, 3.8) is 0 Å². The maximum absolute atomic E-state index is 12.4. The lowest BCUT2D eigenvalue weighted by molar-refractivity contribution is 0.0540. The van der Waals surface area contributed by atoms with Crippen molar-refractivity contribution in [2.75, 3.05) is 21.3 Å². The number of nitrogens with one attached hydrogen (secondary N) is 1. The molecule has 21 heavy (non-hydrogen) atoms. The van der Waals surface area contributed by atoms with Crippen molar-refractivity contribution < 1.29 is 19.1 Å². The SMILES string of the molecule is CNN1C(=O)c2ccc(OC)c3c(OC)ccc(c23)C1=O. The van der Waals surface area contributed by atoms with E-state index >= 15 is 0 Å². The summed E-state index contributed by atoms with van der Waals surface area (Å²) in [4.78, 5) is 24.8. The molecule has 1 N–H and O–H groups in total. The van der Waals surface area contributed by atoms with Gasteiger partial charge < -0.3 is 9.47 Å². The van der Waals surface area contributed by atoms with Crippen molar-refractivity contribution in [3.8, 4) is 11.5 Å². The van der Waals surface area contributed by atoms with E-state index in [1.807, 2.05) is 0 Å². The van der Waals surface area contributed by atoms with Gasteiger partial charge in [0.15, 0.2) is 0 Å². The Kier molecular flexibility index (Phi) is 3.03. The van der Waals surface area contributed by atoms with Crippen LogP contribution in [-0.2, 0) is 0 Å². The van der Waals surface area contributed by atoms with Gasteiger partial charge in [-0.3, -0.25) is 9.59 Å². The fourth-order valence-corrected chi connectivity index (χ4v) is 2.67. The predicted molar refractivity (Wildman–Crippen MR) is 76.6 cm³/mol. The van der Waals surface area contributed by atoms with Gasteiger partial charge in [-0.05, 0) is 24.3 Å². The second-order valence-electron chi connectivity index (χ2n) is 4.55. The van der Waals surface area contributed by atoms with Crippen LogP contribution in [0.2, 0.25) is 0 Å². The highest BCUT2D eigenvalue weighted by molar-refractivity contribution is 6.26. The highest BCUT2D eigenvalue weighted by Crippen LogP contribution is 2.40. The van der Waals surface area contributed by atoms with Crippen LogP contribution < -0.4 is 14.9 Å². The molecule has 0 unspecified atom stereocenters. The minimum absolute atomic E-state index is 0.393. The Morgan fingerprint density at radius 2 is 1.33 bits per heavy atom. The number of hydrazine groups is 1. The Balaban J connectivity index is 2.46. The fraction of sp³-hybridized carbons (Fsp3) is 0.200. The van der Waals surface area contributed by atoms with Crippen LogP contribution in [0, 0.1) is 0 Å². The van der Waals surface area contributed by atoms with Crippen molar-refractivity contribution in [3.05, 3.63) is 35.4 Å². The molecule has 1 aliphatic rings. The third-order valence-corrected chi connectivity index (χ3v) is 3.61. The summed E-state index contributed by atoms with van der Waals surface area (Å²) in [6.45, 7) is 0. The van der Waals surface area contributed by atoms with Crippen LogP contribution in [0.25, 0.3) is 10.8 Å². The zero-order chi connectivity index (χ0) is 15.1. The number of benzene rings is 2. The Bertz CT molecular complexity index is 711. The minimum Gasteiger partial charge on any atom is -0.496 e. The minimum atomic E-state index is -0.393. The van der Waals surface area contributed by atoms with Gasteiger partial charge in [0.05, 0.1) is 30.7 Å². The number of ether oxygens (including phenoxy) is 2. The zero-order valence-corrected chi connectivity index (χ0v) is 11.9. The fourth-order valence-electron chi connectivity index (χ4n) is 2.67. The van der Waals surface area contributed by atoms with E-state index in [9.17, 15) is 9.59 Å². The van der Waals surface area contributed by atoms with Crippen LogP contribution in [0.5, 0.6) is 11.5 Å². The Hall–Kier alpha value is -2.60. The van der Waals surface area contributed by atoms with Crippen LogP contribution >= 0.6 is 0 Å². The number of methoxy groups -OCH3 is 2. The third kappa shape index (κ3) is 1.69. The smallest absolute Gasteiger partial charge is 0.275 e. The lowest BCUT2D eigenvalue weighted by Gasteiger charge is -2.27. The zero-order valence-electron chi connectivity index (χ0n) is 11.9. The van der Waals surface area contributed by atoms with Gasteiger partial charge in [-0.2, -0.15) is 0 Å². The first kappa shape index (κ1) is 13.4. The molecular weight excluding hydrogens is 272 g/mol. The maximum Gasteiger partial charge on any atom is 0.275 e. The summed E-state index contributed by atoms with van der Waals surface area (Å²) in [5.41, 5.74) is 3.49. The summed E-state index contributed by atoms with van der Waals surface area (Å²) in [5.74, 6) is 0.337. The summed E-state index contributed by atoms with van der Waals surface area (Å²) in [5, 5.41) is 2.19. The number of rotatable bonds is 3. The van der Waals surface area contributed by atoms with Crippen LogP contribution in [0.15, 0.2) is 24.3 Å².